The third kappa shape index (κ3) is 4.29. The number of amides is 1. The molecule has 0 aliphatic carbocycles. The molecule has 2 heterocycles. The van der Waals surface area contributed by atoms with Crippen LogP contribution in [0.25, 0.3) is 11.8 Å². The van der Waals surface area contributed by atoms with Crippen molar-refractivity contribution >= 4 is 35.0 Å². The van der Waals surface area contributed by atoms with Crippen molar-refractivity contribution in [2.24, 2.45) is 0 Å². The summed E-state index contributed by atoms with van der Waals surface area (Å²) in [6.07, 6.45) is 6.87. The maximum absolute atomic E-state index is 12.6. The molecule has 132 valence electrons. The minimum atomic E-state index is -0.375. The van der Waals surface area contributed by atoms with E-state index in [1.165, 1.54) is 17.4 Å². The van der Waals surface area contributed by atoms with E-state index in [1.54, 1.807) is 25.1 Å². The van der Waals surface area contributed by atoms with Crippen LogP contribution >= 0.6 is 11.3 Å². The van der Waals surface area contributed by atoms with Crippen molar-refractivity contribution < 1.29 is 14.3 Å². The van der Waals surface area contributed by atoms with Crippen LogP contribution in [0.15, 0.2) is 66.3 Å². The lowest BCUT2D eigenvalue weighted by Gasteiger charge is -2.07. The minimum Gasteiger partial charge on any atom is -0.463 e. The molecule has 26 heavy (non-hydrogen) atoms. The fourth-order valence-electron chi connectivity index (χ4n) is 2.39. The van der Waals surface area contributed by atoms with Gasteiger partial charge >= 0.3 is 5.97 Å². The summed E-state index contributed by atoms with van der Waals surface area (Å²) in [7, 11) is 0. The topological polar surface area (TPSA) is 60.3 Å². The Bertz CT molecular complexity index is 909. The first-order chi connectivity index (χ1) is 12.7. The van der Waals surface area contributed by atoms with Crippen LogP contribution < -0.4 is 5.32 Å². The minimum absolute atomic E-state index is 0.154. The van der Waals surface area contributed by atoms with Crippen LogP contribution in [0.4, 0.5) is 5.69 Å². The maximum atomic E-state index is 12.6. The Hall–Kier alpha value is -3.12. The lowest BCUT2D eigenvalue weighted by molar-refractivity contribution is -0.137. The lowest BCUT2D eigenvalue weighted by atomic mass is 10.2. The molecule has 0 bridgehead atoms. The number of carbonyl (C=O) groups is 2. The summed E-state index contributed by atoms with van der Waals surface area (Å²) in [5.74, 6) is -0.529. The van der Waals surface area contributed by atoms with E-state index in [2.05, 4.69) is 5.32 Å². The quantitative estimate of drug-likeness (QED) is 0.521. The van der Waals surface area contributed by atoms with Crippen LogP contribution in [0.1, 0.15) is 22.2 Å². The molecule has 0 spiro atoms. The van der Waals surface area contributed by atoms with Gasteiger partial charge in [0, 0.05) is 24.2 Å². The monoisotopic (exact) mass is 366 g/mol. The van der Waals surface area contributed by atoms with E-state index in [4.69, 9.17) is 4.74 Å². The molecule has 0 atom stereocenters. The number of nitrogens with zero attached hydrogens (tertiary/aromatic N) is 1. The van der Waals surface area contributed by atoms with Gasteiger partial charge in [0.2, 0.25) is 0 Å². The molecule has 0 unspecified atom stereocenters. The van der Waals surface area contributed by atoms with Gasteiger partial charge in [-0.05, 0) is 54.3 Å². The molecule has 1 amide bonds. The molecule has 1 N–H and O–H groups in total. The summed E-state index contributed by atoms with van der Waals surface area (Å²) in [4.78, 5) is 24.5. The first-order valence-electron chi connectivity index (χ1n) is 8.14. The van der Waals surface area contributed by atoms with Crippen molar-refractivity contribution in [3.8, 4) is 5.69 Å². The molecule has 0 saturated heterocycles. The number of thiophene rings is 1. The van der Waals surface area contributed by atoms with E-state index in [0.717, 1.165) is 11.3 Å². The number of hydrogen-bond acceptors (Lipinski definition) is 4. The smallest absolute Gasteiger partial charge is 0.330 e. The first-order valence-corrected chi connectivity index (χ1v) is 9.02. The SMILES string of the molecule is CCOC(=O)/C=C/c1ccc(NC(=O)c2sccc2-n2cccc2)cc1. The van der Waals surface area contributed by atoms with Crippen LogP contribution in [0.3, 0.4) is 0 Å². The highest BCUT2D eigenvalue weighted by atomic mass is 32.1. The first kappa shape index (κ1) is 17.7. The number of esters is 1. The number of anilines is 1. The Labute approximate surface area is 155 Å². The highest BCUT2D eigenvalue weighted by molar-refractivity contribution is 7.12. The summed E-state index contributed by atoms with van der Waals surface area (Å²) in [5.41, 5.74) is 2.39. The molecule has 6 heteroatoms. The van der Waals surface area contributed by atoms with E-state index in [0.29, 0.717) is 17.2 Å². The number of ether oxygens (including phenoxy) is 1. The Morgan fingerprint density at radius 2 is 1.88 bits per heavy atom. The zero-order chi connectivity index (χ0) is 18.4. The zero-order valence-corrected chi connectivity index (χ0v) is 15.0. The van der Waals surface area contributed by atoms with E-state index in [-0.39, 0.29) is 11.9 Å². The number of benzene rings is 1. The Morgan fingerprint density at radius 1 is 1.15 bits per heavy atom. The summed E-state index contributed by atoms with van der Waals surface area (Å²) in [5, 5.41) is 4.80. The van der Waals surface area contributed by atoms with Gasteiger partial charge in [-0.1, -0.05) is 12.1 Å². The predicted octanol–water partition coefficient (Wildman–Crippen LogP) is 4.37. The van der Waals surface area contributed by atoms with Crippen molar-refractivity contribution in [1.82, 2.24) is 4.57 Å². The van der Waals surface area contributed by atoms with E-state index < -0.39 is 0 Å². The van der Waals surface area contributed by atoms with Gasteiger partial charge in [-0.15, -0.1) is 11.3 Å². The second-order valence-electron chi connectivity index (χ2n) is 5.39. The van der Waals surface area contributed by atoms with Crippen LogP contribution in [-0.4, -0.2) is 23.1 Å². The van der Waals surface area contributed by atoms with E-state index >= 15 is 0 Å². The highest BCUT2D eigenvalue weighted by Gasteiger charge is 2.14. The van der Waals surface area contributed by atoms with Crippen molar-refractivity contribution in [1.29, 1.82) is 0 Å². The number of aromatic nitrogens is 1. The molecule has 0 saturated carbocycles. The Balaban J connectivity index is 1.67. The fraction of sp³-hybridized carbons (Fsp3) is 0.100. The second kappa shape index (κ2) is 8.31. The zero-order valence-electron chi connectivity index (χ0n) is 14.2. The summed E-state index contributed by atoms with van der Waals surface area (Å²) < 4.78 is 6.75. The highest BCUT2D eigenvalue weighted by Crippen LogP contribution is 2.23. The number of hydrogen-bond donors (Lipinski definition) is 1. The molecule has 3 aromatic rings. The predicted molar refractivity (Wildman–Crippen MR) is 104 cm³/mol. The molecule has 3 rings (SSSR count). The largest absolute Gasteiger partial charge is 0.463 e. The fourth-order valence-corrected chi connectivity index (χ4v) is 3.18. The van der Waals surface area contributed by atoms with Gasteiger partial charge in [-0.3, -0.25) is 4.79 Å². The molecule has 2 aromatic heterocycles. The molecular weight excluding hydrogens is 348 g/mol. The molecule has 0 fully saturated rings. The maximum Gasteiger partial charge on any atom is 0.330 e. The molecule has 0 aliphatic rings. The number of nitrogens with one attached hydrogen (secondary N) is 1. The lowest BCUT2D eigenvalue weighted by Crippen LogP contribution is -2.12. The molecule has 0 aliphatic heterocycles. The molecular formula is C20H18N2O3S. The molecule has 0 radical (unpaired) electrons. The van der Waals surface area contributed by atoms with Gasteiger partial charge in [0.25, 0.3) is 5.91 Å². The third-order valence-corrected chi connectivity index (χ3v) is 4.50. The van der Waals surface area contributed by atoms with Crippen molar-refractivity contribution in [2.45, 2.75) is 6.92 Å². The average Bonchev–Trinajstić information content (AvgIpc) is 3.32. The average molecular weight is 366 g/mol. The van der Waals surface area contributed by atoms with Gasteiger partial charge in [0.05, 0.1) is 12.3 Å². The third-order valence-electron chi connectivity index (χ3n) is 3.60. The standard InChI is InChI=1S/C20H18N2O3S/c1-2-25-18(23)10-7-15-5-8-16(9-6-15)21-20(24)19-17(11-14-26-19)22-12-3-4-13-22/h3-14H,2H2,1H3,(H,21,24)/b10-7+. The van der Waals surface area contributed by atoms with Crippen molar-refractivity contribution in [2.75, 3.05) is 11.9 Å². The second-order valence-corrected chi connectivity index (χ2v) is 6.30. The number of rotatable bonds is 6. The van der Waals surface area contributed by atoms with Gasteiger partial charge in [0.1, 0.15) is 4.88 Å². The Kier molecular flexibility index (Phi) is 5.66. The summed E-state index contributed by atoms with van der Waals surface area (Å²) in [6, 6.07) is 13.0. The van der Waals surface area contributed by atoms with E-state index in [1.807, 2.05) is 52.7 Å². The Morgan fingerprint density at radius 3 is 2.58 bits per heavy atom. The van der Waals surface area contributed by atoms with Gasteiger partial charge in [-0.25, -0.2) is 4.79 Å². The van der Waals surface area contributed by atoms with Crippen LogP contribution in [0.2, 0.25) is 0 Å². The van der Waals surface area contributed by atoms with Crippen LogP contribution in [0.5, 0.6) is 0 Å². The van der Waals surface area contributed by atoms with E-state index in [9.17, 15) is 9.59 Å². The number of carbonyl (C=O) groups excluding carboxylic acids is 2. The van der Waals surface area contributed by atoms with Gasteiger partial charge in [-0.2, -0.15) is 0 Å². The van der Waals surface area contributed by atoms with Crippen molar-refractivity contribution in [3.63, 3.8) is 0 Å². The molecule has 1 aromatic carbocycles. The van der Waals surface area contributed by atoms with Crippen LogP contribution in [-0.2, 0) is 9.53 Å². The van der Waals surface area contributed by atoms with Crippen LogP contribution in [0, 0.1) is 0 Å². The normalized spacial score (nSPS) is 10.8. The summed E-state index contributed by atoms with van der Waals surface area (Å²) >= 11 is 1.40. The van der Waals surface area contributed by atoms with Crippen molar-refractivity contribution in [3.05, 3.63) is 76.8 Å². The van der Waals surface area contributed by atoms with Gasteiger partial charge < -0.3 is 14.6 Å². The molecule has 5 nitrogen and oxygen atoms in total. The van der Waals surface area contributed by atoms with Gasteiger partial charge in [0.15, 0.2) is 0 Å². The summed E-state index contributed by atoms with van der Waals surface area (Å²) in [6.45, 7) is 2.11.